The maximum atomic E-state index is 13.5. The molecular weight excluding hydrogens is 359 g/mol. The van der Waals surface area contributed by atoms with Crippen LogP contribution < -0.4 is 15.6 Å². The molecule has 0 saturated heterocycles. The maximum absolute atomic E-state index is 13.5. The van der Waals surface area contributed by atoms with E-state index < -0.39 is 0 Å². The summed E-state index contributed by atoms with van der Waals surface area (Å²) in [7, 11) is 0. The van der Waals surface area contributed by atoms with E-state index in [9.17, 15) is 14.0 Å². The number of nitrogens with zero attached hydrogens (tertiary/aromatic N) is 1. The lowest BCUT2D eigenvalue weighted by Crippen LogP contribution is -2.34. The number of halogens is 1. The highest BCUT2D eigenvalue weighted by atomic mass is 19.1. The van der Waals surface area contributed by atoms with Crippen LogP contribution in [-0.2, 0) is 11.3 Å². The van der Waals surface area contributed by atoms with Gasteiger partial charge in [-0.25, -0.2) is 4.39 Å². The first-order valence-corrected chi connectivity index (χ1v) is 9.14. The van der Waals surface area contributed by atoms with Crippen molar-refractivity contribution in [3.05, 3.63) is 75.8 Å². The number of ether oxygens (including phenoxy) is 1. The predicted octanol–water partition coefficient (Wildman–Crippen LogP) is 3.40. The Bertz CT molecular complexity index is 1070. The Morgan fingerprint density at radius 2 is 1.96 bits per heavy atom. The molecule has 1 aromatic heterocycles. The molecule has 3 rings (SSSR count). The second-order valence-corrected chi connectivity index (χ2v) is 7.07. The molecule has 0 aliphatic rings. The smallest absolute Gasteiger partial charge is 0.258 e. The normalized spacial score (nSPS) is 11.0. The van der Waals surface area contributed by atoms with Crippen molar-refractivity contribution in [2.45, 2.75) is 33.4 Å². The van der Waals surface area contributed by atoms with Crippen LogP contribution in [0, 0.1) is 12.7 Å². The SMILES string of the molecule is Cc1cc(=O)n(Cc2cccc(F)c2)c2cc(OCC(=O)NC(C)C)ccc12. The topological polar surface area (TPSA) is 60.3 Å². The first-order valence-electron chi connectivity index (χ1n) is 9.14. The average molecular weight is 382 g/mol. The lowest BCUT2D eigenvalue weighted by molar-refractivity contribution is -0.123. The summed E-state index contributed by atoms with van der Waals surface area (Å²) < 4.78 is 20.7. The predicted molar refractivity (Wildman–Crippen MR) is 107 cm³/mol. The van der Waals surface area contributed by atoms with Gasteiger partial charge in [0.2, 0.25) is 0 Å². The van der Waals surface area contributed by atoms with Crippen molar-refractivity contribution in [1.82, 2.24) is 9.88 Å². The zero-order valence-electron chi connectivity index (χ0n) is 16.2. The number of rotatable bonds is 6. The molecule has 0 saturated carbocycles. The molecule has 0 unspecified atom stereocenters. The van der Waals surface area contributed by atoms with E-state index in [1.165, 1.54) is 12.1 Å². The fraction of sp³-hybridized carbons (Fsp3) is 0.273. The number of nitrogens with one attached hydrogen (secondary N) is 1. The van der Waals surface area contributed by atoms with Crippen LogP contribution in [-0.4, -0.2) is 23.1 Å². The Labute approximate surface area is 162 Å². The van der Waals surface area contributed by atoms with Crippen LogP contribution in [0.25, 0.3) is 10.9 Å². The fourth-order valence-electron chi connectivity index (χ4n) is 3.11. The molecule has 0 spiro atoms. The van der Waals surface area contributed by atoms with Gasteiger partial charge in [0.15, 0.2) is 6.61 Å². The summed E-state index contributed by atoms with van der Waals surface area (Å²) in [6.45, 7) is 5.75. The third-order valence-electron chi connectivity index (χ3n) is 4.34. The molecule has 1 amide bonds. The van der Waals surface area contributed by atoms with Gasteiger partial charge in [0, 0.05) is 23.6 Å². The van der Waals surface area contributed by atoms with E-state index in [1.54, 1.807) is 34.9 Å². The number of carbonyl (C=O) groups is 1. The van der Waals surface area contributed by atoms with Crippen LogP contribution in [0.3, 0.4) is 0 Å². The summed E-state index contributed by atoms with van der Waals surface area (Å²) in [4.78, 5) is 24.4. The van der Waals surface area contributed by atoms with Crippen LogP contribution in [0.15, 0.2) is 53.3 Å². The minimum absolute atomic E-state index is 0.0341. The van der Waals surface area contributed by atoms with Crippen LogP contribution in [0.2, 0.25) is 0 Å². The van der Waals surface area contributed by atoms with Crippen molar-refractivity contribution in [3.63, 3.8) is 0 Å². The highest BCUT2D eigenvalue weighted by Gasteiger charge is 2.10. The van der Waals surface area contributed by atoms with E-state index in [0.717, 1.165) is 10.9 Å². The Morgan fingerprint density at radius 1 is 1.18 bits per heavy atom. The van der Waals surface area contributed by atoms with Gasteiger partial charge in [-0.3, -0.25) is 9.59 Å². The number of amides is 1. The molecule has 1 heterocycles. The quantitative estimate of drug-likeness (QED) is 0.711. The molecule has 146 valence electrons. The minimum atomic E-state index is -0.345. The lowest BCUT2D eigenvalue weighted by Gasteiger charge is -2.14. The van der Waals surface area contributed by atoms with Crippen LogP contribution in [0.5, 0.6) is 5.75 Å². The molecule has 0 fully saturated rings. The molecule has 0 atom stereocenters. The van der Waals surface area contributed by atoms with Crippen molar-refractivity contribution in [1.29, 1.82) is 0 Å². The first kappa shape index (κ1) is 19.6. The van der Waals surface area contributed by atoms with Gasteiger partial charge in [-0.2, -0.15) is 0 Å². The van der Waals surface area contributed by atoms with Gasteiger partial charge in [-0.05, 0) is 56.2 Å². The third kappa shape index (κ3) is 4.57. The van der Waals surface area contributed by atoms with Crippen molar-refractivity contribution in [2.75, 3.05) is 6.61 Å². The molecular formula is C22H23FN2O3. The number of aromatic nitrogens is 1. The summed E-state index contributed by atoms with van der Waals surface area (Å²) in [6, 6.07) is 13.2. The van der Waals surface area contributed by atoms with E-state index in [1.807, 2.05) is 26.8 Å². The summed E-state index contributed by atoms with van der Waals surface area (Å²) in [5, 5.41) is 3.66. The summed E-state index contributed by atoms with van der Waals surface area (Å²) >= 11 is 0. The number of pyridine rings is 1. The maximum Gasteiger partial charge on any atom is 0.258 e. The molecule has 0 aliphatic heterocycles. The number of hydrogen-bond acceptors (Lipinski definition) is 3. The molecule has 6 heteroatoms. The van der Waals surface area contributed by atoms with Crippen molar-refractivity contribution >= 4 is 16.8 Å². The fourth-order valence-corrected chi connectivity index (χ4v) is 3.11. The highest BCUT2D eigenvalue weighted by molar-refractivity contribution is 5.84. The molecule has 0 radical (unpaired) electrons. The second-order valence-electron chi connectivity index (χ2n) is 7.07. The van der Waals surface area contributed by atoms with Gasteiger partial charge in [-0.1, -0.05) is 12.1 Å². The number of hydrogen-bond donors (Lipinski definition) is 1. The van der Waals surface area contributed by atoms with Gasteiger partial charge in [-0.15, -0.1) is 0 Å². The van der Waals surface area contributed by atoms with E-state index in [2.05, 4.69) is 5.32 Å². The van der Waals surface area contributed by atoms with Crippen molar-refractivity contribution in [2.24, 2.45) is 0 Å². The minimum Gasteiger partial charge on any atom is -0.484 e. The Kier molecular flexibility index (Phi) is 5.78. The Balaban J connectivity index is 1.96. The zero-order chi connectivity index (χ0) is 20.3. The van der Waals surface area contributed by atoms with E-state index in [0.29, 0.717) is 16.8 Å². The molecule has 5 nitrogen and oxygen atoms in total. The number of aryl methyl sites for hydroxylation is 1. The third-order valence-corrected chi connectivity index (χ3v) is 4.34. The first-order chi connectivity index (χ1) is 13.3. The average Bonchev–Trinajstić information content (AvgIpc) is 2.63. The Morgan fingerprint density at radius 3 is 2.68 bits per heavy atom. The molecule has 0 aliphatic carbocycles. The monoisotopic (exact) mass is 382 g/mol. The zero-order valence-corrected chi connectivity index (χ0v) is 16.2. The number of fused-ring (bicyclic) bond motifs is 1. The molecule has 3 aromatic rings. The van der Waals surface area contributed by atoms with Crippen LogP contribution in [0.4, 0.5) is 4.39 Å². The van der Waals surface area contributed by atoms with Gasteiger partial charge in [0.25, 0.3) is 11.5 Å². The van der Waals surface area contributed by atoms with Gasteiger partial charge in [0.1, 0.15) is 11.6 Å². The standard InChI is InChI=1S/C22H23FN2O3/c1-14(2)24-21(26)13-28-18-7-8-19-15(3)9-22(27)25(20(19)11-18)12-16-5-4-6-17(23)10-16/h4-11,14H,12-13H2,1-3H3,(H,24,26). The number of carbonyl (C=O) groups excluding carboxylic acids is 1. The summed E-state index contributed by atoms with van der Waals surface area (Å²) in [5.41, 5.74) is 2.04. The number of benzene rings is 2. The second kappa shape index (κ2) is 8.25. The van der Waals surface area contributed by atoms with Gasteiger partial charge in [0.05, 0.1) is 12.1 Å². The largest absolute Gasteiger partial charge is 0.484 e. The van der Waals surface area contributed by atoms with E-state index >= 15 is 0 Å². The van der Waals surface area contributed by atoms with E-state index in [4.69, 9.17) is 4.74 Å². The summed E-state index contributed by atoms with van der Waals surface area (Å²) in [6.07, 6.45) is 0. The highest BCUT2D eigenvalue weighted by Crippen LogP contribution is 2.23. The Hall–Kier alpha value is -3.15. The summed E-state index contributed by atoms with van der Waals surface area (Å²) in [5.74, 6) is -0.0666. The van der Waals surface area contributed by atoms with Crippen LogP contribution >= 0.6 is 0 Å². The van der Waals surface area contributed by atoms with Gasteiger partial charge >= 0.3 is 0 Å². The van der Waals surface area contributed by atoms with E-state index in [-0.39, 0.29) is 36.5 Å². The van der Waals surface area contributed by atoms with Crippen molar-refractivity contribution < 1.29 is 13.9 Å². The lowest BCUT2D eigenvalue weighted by atomic mass is 10.1. The molecule has 2 aromatic carbocycles. The van der Waals surface area contributed by atoms with Crippen molar-refractivity contribution in [3.8, 4) is 5.75 Å². The molecule has 1 N–H and O–H groups in total. The molecule has 0 bridgehead atoms. The van der Waals surface area contributed by atoms with Gasteiger partial charge < -0.3 is 14.6 Å². The molecule has 28 heavy (non-hydrogen) atoms. The van der Waals surface area contributed by atoms with Crippen LogP contribution in [0.1, 0.15) is 25.0 Å².